The molecule has 1 fully saturated rings. The fourth-order valence-corrected chi connectivity index (χ4v) is 3.00. The van der Waals surface area contributed by atoms with Crippen molar-refractivity contribution < 1.29 is 0 Å². The Hall–Kier alpha value is -2.54. The largest absolute Gasteiger partial charge is 0.353 e. The summed E-state index contributed by atoms with van der Waals surface area (Å²) in [5.74, 6) is 1.64. The molecule has 0 saturated carbocycles. The predicted molar refractivity (Wildman–Crippen MR) is 89.2 cm³/mol. The van der Waals surface area contributed by atoms with Crippen LogP contribution in [0.2, 0.25) is 0 Å². The van der Waals surface area contributed by atoms with Crippen molar-refractivity contribution in [3.8, 4) is 11.4 Å². The molecule has 0 bridgehead atoms. The van der Waals surface area contributed by atoms with Crippen molar-refractivity contribution in [2.45, 2.75) is 13.0 Å². The van der Waals surface area contributed by atoms with Crippen molar-refractivity contribution >= 4 is 16.9 Å². The molecule has 4 heterocycles. The summed E-state index contributed by atoms with van der Waals surface area (Å²) in [6.45, 7) is 5.00. The Kier molecular flexibility index (Phi) is 3.42. The highest BCUT2D eigenvalue weighted by atomic mass is 15.3. The molecule has 118 valence electrons. The van der Waals surface area contributed by atoms with Crippen LogP contribution in [0.3, 0.4) is 0 Å². The van der Waals surface area contributed by atoms with Crippen LogP contribution in [0.4, 0.5) is 5.82 Å². The van der Waals surface area contributed by atoms with Gasteiger partial charge < -0.3 is 10.2 Å². The lowest BCUT2D eigenvalue weighted by molar-refractivity contribution is 0.483. The van der Waals surface area contributed by atoms with Crippen molar-refractivity contribution in [1.82, 2.24) is 30.0 Å². The molecule has 0 amide bonds. The number of aryl methyl sites for hydroxylation is 1. The quantitative estimate of drug-likeness (QED) is 0.767. The van der Waals surface area contributed by atoms with Gasteiger partial charge in [-0.3, -0.25) is 9.67 Å². The third kappa shape index (κ3) is 2.53. The van der Waals surface area contributed by atoms with E-state index in [0.29, 0.717) is 11.9 Å². The Morgan fingerprint density at radius 3 is 2.96 bits per heavy atom. The molecular weight excluding hydrogens is 290 g/mol. The van der Waals surface area contributed by atoms with E-state index in [1.807, 2.05) is 25.4 Å². The van der Waals surface area contributed by atoms with Gasteiger partial charge in [0.15, 0.2) is 11.5 Å². The van der Waals surface area contributed by atoms with Crippen LogP contribution in [0.1, 0.15) is 6.92 Å². The summed E-state index contributed by atoms with van der Waals surface area (Å²) in [4.78, 5) is 16.0. The van der Waals surface area contributed by atoms with E-state index in [4.69, 9.17) is 4.98 Å². The predicted octanol–water partition coefficient (Wildman–Crippen LogP) is 1.22. The average Bonchev–Trinajstić information content (AvgIpc) is 2.96. The number of anilines is 1. The fraction of sp³-hybridized carbons (Fsp3) is 0.375. The Morgan fingerprint density at radius 1 is 1.26 bits per heavy atom. The number of piperazine rings is 1. The van der Waals surface area contributed by atoms with Crippen LogP contribution >= 0.6 is 0 Å². The van der Waals surface area contributed by atoms with E-state index < -0.39 is 0 Å². The topological polar surface area (TPSA) is 71.8 Å². The van der Waals surface area contributed by atoms with Crippen LogP contribution < -0.4 is 10.2 Å². The van der Waals surface area contributed by atoms with Gasteiger partial charge in [0.2, 0.25) is 0 Å². The second kappa shape index (κ2) is 5.58. The van der Waals surface area contributed by atoms with Gasteiger partial charge in [0, 0.05) is 50.7 Å². The molecule has 1 atom stereocenters. The summed E-state index contributed by atoms with van der Waals surface area (Å²) in [7, 11) is 1.91. The zero-order chi connectivity index (χ0) is 15.8. The summed E-state index contributed by atoms with van der Waals surface area (Å²) in [5.41, 5.74) is 1.76. The third-order valence-corrected chi connectivity index (χ3v) is 4.16. The SMILES string of the molecule is CC1CN(c2nc(-c3cccnc3)nc3c2cnn3C)CCN1. The maximum atomic E-state index is 4.84. The fourth-order valence-electron chi connectivity index (χ4n) is 3.00. The molecule has 1 saturated heterocycles. The van der Waals surface area contributed by atoms with Crippen molar-refractivity contribution in [2.75, 3.05) is 24.5 Å². The molecule has 1 N–H and O–H groups in total. The van der Waals surface area contributed by atoms with Gasteiger partial charge in [0.05, 0.1) is 11.6 Å². The third-order valence-electron chi connectivity index (χ3n) is 4.16. The number of pyridine rings is 1. The molecule has 23 heavy (non-hydrogen) atoms. The number of fused-ring (bicyclic) bond motifs is 1. The Labute approximate surface area is 134 Å². The number of rotatable bonds is 2. The van der Waals surface area contributed by atoms with Crippen molar-refractivity contribution in [1.29, 1.82) is 0 Å². The van der Waals surface area contributed by atoms with E-state index in [0.717, 1.165) is 42.0 Å². The Balaban J connectivity index is 1.88. The van der Waals surface area contributed by atoms with Crippen LogP contribution in [-0.4, -0.2) is 50.4 Å². The maximum absolute atomic E-state index is 4.84. The van der Waals surface area contributed by atoms with Crippen LogP contribution in [0, 0.1) is 0 Å². The molecule has 1 aliphatic rings. The molecule has 1 aliphatic heterocycles. The van der Waals surface area contributed by atoms with Crippen molar-refractivity contribution in [2.24, 2.45) is 7.05 Å². The number of nitrogens with one attached hydrogen (secondary N) is 1. The van der Waals surface area contributed by atoms with Gasteiger partial charge in [0.25, 0.3) is 0 Å². The molecule has 7 nitrogen and oxygen atoms in total. The lowest BCUT2D eigenvalue weighted by Gasteiger charge is -2.33. The van der Waals surface area contributed by atoms with Gasteiger partial charge in [-0.15, -0.1) is 0 Å². The van der Waals surface area contributed by atoms with E-state index in [1.54, 1.807) is 17.1 Å². The standard InChI is InChI=1S/C16H19N7/c1-11-10-23(7-6-18-11)16-13-9-19-22(2)15(13)20-14(21-16)12-4-3-5-17-8-12/h3-5,8-9,11,18H,6-7,10H2,1-2H3. The summed E-state index contributed by atoms with van der Waals surface area (Å²) < 4.78 is 1.80. The number of nitrogens with zero attached hydrogens (tertiary/aromatic N) is 6. The lowest BCUT2D eigenvalue weighted by Crippen LogP contribution is -2.49. The molecule has 1 unspecified atom stereocenters. The molecule has 3 aromatic heterocycles. The number of hydrogen-bond acceptors (Lipinski definition) is 6. The number of aromatic nitrogens is 5. The Morgan fingerprint density at radius 2 is 2.17 bits per heavy atom. The van der Waals surface area contributed by atoms with Gasteiger partial charge in [-0.1, -0.05) is 0 Å². The van der Waals surface area contributed by atoms with Crippen molar-refractivity contribution in [3.63, 3.8) is 0 Å². The van der Waals surface area contributed by atoms with Crippen LogP contribution in [-0.2, 0) is 7.05 Å². The van der Waals surface area contributed by atoms with E-state index in [2.05, 4.69) is 32.2 Å². The second-order valence-corrected chi connectivity index (χ2v) is 5.92. The average molecular weight is 309 g/mol. The molecule has 0 aromatic carbocycles. The van der Waals surface area contributed by atoms with Gasteiger partial charge in [-0.25, -0.2) is 9.97 Å². The Bertz CT molecular complexity index is 827. The van der Waals surface area contributed by atoms with Crippen LogP contribution in [0.25, 0.3) is 22.4 Å². The molecule has 7 heteroatoms. The molecule has 0 spiro atoms. The molecule has 0 radical (unpaired) electrons. The first kappa shape index (κ1) is 14.1. The van der Waals surface area contributed by atoms with Gasteiger partial charge in [0.1, 0.15) is 5.82 Å². The van der Waals surface area contributed by atoms with Crippen molar-refractivity contribution in [3.05, 3.63) is 30.7 Å². The zero-order valence-electron chi connectivity index (χ0n) is 13.3. The zero-order valence-corrected chi connectivity index (χ0v) is 13.3. The van der Waals surface area contributed by atoms with Gasteiger partial charge >= 0.3 is 0 Å². The maximum Gasteiger partial charge on any atom is 0.165 e. The smallest absolute Gasteiger partial charge is 0.165 e. The normalized spacial score (nSPS) is 18.5. The minimum Gasteiger partial charge on any atom is -0.353 e. The van der Waals surface area contributed by atoms with E-state index in [1.165, 1.54) is 0 Å². The monoisotopic (exact) mass is 309 g/mol. The second-order valence-electron chi connectivity index (χ2n) is 5.92. The van der Waals surface area contributed by atoms with Crippen LogP contribution in [0.15, 0.2) is 30.7 Å². The molecular formula is C16H19N7. The van der Waals surface area contributed by atoms with E-state index >= 15 is 0 Å². The lowest BCUT2D eigenvalue weighted by atomic mass is 10.2. The summed E-state index contributed by atoms with van der Waals surface area (Å²) in [6, 6.07) is 4.32. The highest BCUT2D eigenvalue weighted by Crippen LogP contribution is 2.27. The summed E-state index contributed by atoms with van der Waals surface area (Å²) in [5, 5.41) is 8.82. The van der Waals surface area contributed by atoms with E-state index in [-0.39, 0.29) is 0 Å². The molecule has 0 aliphatic carbocycles. The first-order valence-electron chi connectivity index (χ1n) is 7.81. The van der Waals surface area contributed by atoms with Gasteiger partial charge in [-0.05, 0) is 19.1 Å². The molecule has 3 aromatic rings. The summed E-state index contributed by atoms with van der Waals surface area (Å²) in [6.07, 6.45) is 5.40. The highest BCUT2D eigenvalue weighted by molar-refractivity contribution is 5.88. The minimum atomic E-state index is 0.437. The first-order valence-corrected chi connectivity index (χ1v) is 7.81. The summed E-state index contributed by atoms with van der Waals surface area (Å²) >= 11 is 0. The van der Waals surface area contributed by atoms with E-state index in [9.17, 15) is 0 Å². The van der Waals surface area contributed by atoms with Crippen LogP contribution in [0.5, 0.6) is 0 Å². The highest BCUT2D eigenvalue weighted by Gasteiger charge is 2.22. The number of hydrogen-bond donors (Lipinski definition) is 1. The molecule has 4 rings (SSSR count). The van der Waals surface area contributed by atoms with Gasteiger partial charge in [-0.2, -0.15) is 5.10 Å². The first-order chi connectivity index (χ1) is 11.2. The minimum absolute atomic E-state index is 0.437.